The molecule has 0 N–H and O–H groups in total. The number of hydrogen-bond acceptors (Lipinski definition) is 2. The first kappa shape index (κ1) is 15.6. The summed E-state index contributed by atoms with van der Waals surface area (Å²) in [5, 5.41) is 0.644. The van der Waals surface area contributed by atoms with Crippen LogP contribution < -0.4 is 34.1 Å². The van der Waals surface area contributed by atoms with E-state index in [1.165, 1.54) is 0 Å². The van der Waals surface area contributed by atoms with E-state index in [1.54, 1.807) is 4.57 Å². The van der Waals surface area contributed by atoms with Crippen LogP contribution in [-0.4, -0.2) is 9.55 Å². The molecule has 0 aliphatic carbocycles. The lowest BCUT2D eigenvalue weighted by Gasteiger charge is -2.09. The monoisotopic (exact) mass is 393 g/mol. The summed E-state index contributed by atoms with van der Waals surface area (Å²) in [6.45, 7) is 4.84. The lowest BCUT2D eigenvalue weighted by atomic mass is 10.2. The standard InChI is InChI=1S/C16H16N3O.HI/c1-3-18-10-8-13(9-11-18)19-12(2)17-15-7-5-4-6-14(15)16(19)20;/h4-11H,3H2,1-2H3;1H/q+1;/p-1. The third-order valence-electron chi connectivity index (χ3n) is 3.44. The van der Waals surface area contributed by atoms with Gasteiger partial charge in [-0.2, -0.15) is 0 Å². The molecule has 0 fully saturated rings. The van der Waals surface area contributed by atoms with Gasteiger partial charge in [0.05, 0.1) is 16.6 Å². The number of pyridine rings is 1. The third kappa shape index (κ3) is 2.83. The molecule has 1 aromatic carbocycles. The molecule has 0 saturated heterocycles. The van der Waals surface area contributed by atoms with Crippen LogP contribution in [0.2, 0.25) is 0 Å². The summed E-state index contributed by atoms with van der Waals surface area (Å²) in [7, 11) is 0. The minimum atomic E-state index is -0.0256. The minimum Gasteiger partial charge on any atom is -1.00 e. The first-order chi connectivity index (χ1) is 9.70. The maximum Gasteiger partial charge on any atom is 0.265 e. The van der Waals surface area contributed by atoms with Crippen molar-refractivity contribution >= 4 is 10.9 Å². The minimum absolute atomic E-state index is 0. The van der Waals surface area contributed by atoms with Crippen molar-refractivity contribution < 1.29 is 28.5 Å². The fourth-order valence-electron chi connectivity index (χ4n) is 2.36. The van der Waals surface area contributed by atoms with Crippen LogP contribution in [0.15, 0.2) is 53.6 Å². The van der Waals surface area contributed by atoms with Gasteiger partial charge in [-0.3, -0.25) is 9.36 Å². The van der Waals surface area contributed by atoms with Gasteiger partial charge in [0.25, 0.3) is 5.56 Å². The Hall–Kier alpha value is -1.76. The molecule has 5 heteroatoms. The molecule has 2 aromatic heterocycles. The molecule has 3 aromatic rings. The van der Waals surface area contributed by atoms with E-state index in [2.05, 4.69) is 16.5 Å². The topological polar surface area (TPSA) is 38.8 Å². The number of rotatable bonds is 2. The number of aryl methyl sites for hydroxylation is 2. The van der Waals surface area contributed by atoms with Crippen molar-refractivity contribution in [1.82, 2.24) is 9.55 Å². The van der Waals surface area contributed by atoms with Gasteiger partial charge in [-0.15, -0.1) is 0 Å². The Morgan fingerprint density at radius 3 is 2.48 bits per heavy atom. The summed E-state index contributed by atoms with van der Waals surface area (Å²) in [6, 6.07) is 11.3. The summed E-state index contributed by atoms with van der Waals surface area (Å²) < 4.78 is 3.71. The van der Waals surface area contributed by atoms with Gasteiger partial charge < -0.3 is 24.0 Å². The predicted molar refractivity (Wildman–Crippen MR) is 77.9 cm³/mol. The molecule has 3 rings (SSSR count). The van der Waals surface area contributed by atoms with E-state index in [1.807, 2.05) is 55.7 Å². The zero-order valence-electron chi connectivity index (χ0n) is 12.0. The SMILES string of the molecule is CC[n+]1ccc(-n2c(C)nc3ccccc3c2=O)cc1.[I-]. The molecule has 21 heavy (non-hydrogen) atoms. The van der Waals surface area contributed by atoms with E-state index in [4.69, 9.17) is 0 Å². The second-order valence-electron chi connectivity index (χ2n) is 4.70. The zero-order valence-corrected chi connectivity index (χ0v) is 14.1. The van der Waals surface area contributed by atoms with Gasteiger partial charge in [-0.25, -0.2) is 9.55 Å². The largest absolute Gasteiger partial charge is 1.00 e. The maximum absolute atomic E-state index is 12.6. The van der Waals surface area contributed by atoms with E-state index >= 15 is 0 Å². The van der Waals surface area contributed by atoms with Crippen molar-refractivity contribution in [3.63, 3.8) is 0 Å². The van der Waals surface area contributed by atoms with Gasteiger partial charge in [-0.1, -0.05) is 12.1 Å². The fraction of sp³-hybridized carbons (Fsp3) is 0.188. The molecule has 0 spiro atoms. The van der Waals surface area contributed by atoms with Crippen molar-refractivity contribution in [1.29, 1.82) is 0 Å². The lowest BCUT2D eigenvalue weighted by molar-refractivity contribution is -0.693. The summed E-state index contributed by atoms with van der Waals surface area (Å²) in [6.07, 6.45) is 3.94. The van der Waals surface area contributed by atoms with Crippen LogP contribution >= 0.6 is 0 Å². The number of para-hydroxylation sites is 1. The Morgan fingerprint density at radius 2 is 1.81 bits per heavy atom. The molecule has 0 atom stereocenters. The molecule has 2 heterocycles. The Balaban J connectivity index is 0.00000161. The fourth-order valence-corrected chi connectivity index (χ4v) is 2.36. The van der Waals surface area contributed by atoms with Gasteiger partial charge >= 0.3 is 0 Å². The maximum atomic E-state index is 12.6. The second-order valence-corrected chi connectivity index (χ2v) is 4.70. The average Bonchev–Trinajstić information content (AvgIpc) is 2.48. The number of fused-ring (bicyclic) bond motifs is 1. The molecule has 0 aliphatic heterocycles. The van der Waals surface area contributed by atoms with Crippen LogP contribution in [0.5, 0.6) is 0 Å². The summed E-state index contributed by atoms with van der Waals surface area (Å²) >= 11 is 0. The smallest absolute Gasteiger partial charge is 0.265 e. The lowest BCUT2D eigenvalue weighted by Crippen LogP contribution is -3.00. The molecule has 0 unspecified atom stereocenters. The molecular weight excluding hydrogens is 377 g/mol. The third-order valence-corrected chi connectivity index (χ3v) is 3.44. The number of halogens is 1. The highest BCUT2D eigenvalue weighted by molar-refractivity contribution is 5.77. The van der Waals surface area contributed by atoms with Crippen LogP contribution in [0.4, 0.5) is 0 Å². The van der Waals surface area contributed by atoms with E-state index in [0.29, 0.717) is 11.2 Å². The van der Waals surface area contributed by atoms with Crippen LogP contribution in [0.25, 0.3) is 16.6 Å². The quantitative estimate of drug-likeness (QED) is 0.414. The van der Waals surface area contributed by atoms with E-state index in [-0.39, 0.29) is 29.5 Å². The average molecular weight is 393 g/mol. The van der Waals surface area contributed by atoms with Crippen LogP contribution in [-0.2, 0) is 6.54 Å². The Labute approximate surface area is 140 Å². The van der Waals surface area contributed by atoms with Crippen molar-refractivity contribution in [2.45, 2.75) is 20.4 Å². The number of nitrogens with zero attached hydrogens (tertiary/aromatic N) is 3. The van der Waals surface area contributed by atoms with Gasteiger partial charge in [0, 0.05) is 12.1 Å². The highest BCUT2D eigenvalue weighted by Crippen LogP contribution is 2.11. The molecule has 0 bridgehead atoms. The predicted octanol–water partition coefficient (Wildman–Crippen LogP) is -0.994. The van der Waals surface area contributed by atoms with Crippen molar-refractivity contribution in [2.75, 3.05) is 0 Å². The number of hydrogen-bond donors (Lipinski definition) is 0. The summed E-state index contributed by atoms with van der Waals surface area (Å²) in [4.78, 5) is 17.1. The summed E-state index contributed by atoms with van der Waals surface area (Å²) in [5.41, 5.74) is 1.56. The van der Waals surface area contributed by atoms with Gasteiger partial charge in [0.1, 0.15) is 12.4 Å². The van der Waals surface area contributed by atoms with Gasteiger partial charge in [0.2, 0.25) is 0 Å². The Morgan fingerprint density at radius 1 is 1.14 bits per heavy atom. The highest BCUT2D eigenvalue weighted by atomic mass is 127. The number of benzene rings is 1. The normalized spacial score (nSPS) is 10.4. The van der Waals surface area contributed by atoms with Gasteiger partial charge in [0.15, 0.2) is 12.4 Å². The van der Waals surface area contributed by atoms with Crippen molar-refractivity contribution in [3.05, 3.63) is 65.0 Å². The van der Waals surface area contributed by atoms with Crippen molar-refractivity contribution in [2.24, 2.45) is 0 Å². The van der Waals surface area contributed by atoms with Crippen LogP contribution in [0, 0.1) is 6.92 Å². The molecule has 0 amide bonds. The first-order valence-corrected chi connectivity index (χ1v) is 6.68. The van der Waals surface area contributed by atoms with E-state index < -0.39 is 0 Å². The highest BCUT2D eigenvalue weighted by Gasteiger charge is 2.10. The van der Waals surface area contributed by atoms with Crippen LogP contribution in [0.1, 0.15) is 12.7 Å². The van der Waals surface area contributed by atoms with Crippen LogP contribution in [0.3, 0.4) is 0 Å². The molecule has 0 saturated carbocycles. The number of aromatic nitrogens is 3. The van der Waals surface area contributed by atoms with Gasteiger partial charge in [-0.05, 0) is 26.0 Å². The second kappa shape index (κ2) is 6.34. The Kier molecular flexibility index (Phi) is 4.72. The molecule has 4 nitrogen and oxygen atoms in total. The first-order valence-electron chi connectivity index (χ1n) is 6.68. The molecule has 0 radical (unpaired) electrons. The molecule has 108 valence electrons. The van der Waals surface area contributed by atoms with E-state index in [0.717, 1.165) is 17.7 Å². The zero-order chi connectivity index (χ0) is 14.1. The molecule has 0 aliphatic rings. The summed E-state index contributed by atoms with van der Waals surface area (Å²) in [5.74, 6) is 0.697. The molecular formula is C16H16IN3O. The van der Waals surface area contributed by atoms with E-state index in [9.17, 15) is 4.79 Å². The van der Waals surface area contributed by atoms with Crippen molar-refractivity contribution in [3.8, 4) is 5.69 Å². The Bertz CT molecular complexity index is 825.